The summed E-state index contributed by atoms with van der Waals surface area (Å²) < 4.78 is 12.3. The number of rotatable bonds is 8. The number of nitrogens with zero attached hydrogens (tertiary/aromatic N) is 3. The van der Waals surface area contributed by atoms with Gasteiger partial charge in [-0.25, -0.2) is 4.68 Å². The van der Waals surface area contributed by atoms with E-state index < -0.39 is 0 Å². The number of aryl methyl sites for hydroxylation is 1. The second kappa shape index (κ2) is 9.14. The number of carbonyl (C=O) groups excluding carboxylic acids is 1. The van der Waals surface area contributed by atoms with E-state index in [1.54, 1.807) is 11.8 Å². The molecule has 28 heavy (non-hydrogen) atoms. The van der Waals surface area contributed by atoms with Gasteiger partial charge in [0.05, 0.1) is 12.3 Å². The molecule has 0 saturated carbocycles. The molecule has 0 fully saturated rings. The Bertz CT molecular complexity index is 918. The Kier molecular flexibility index (Phi) is 6.39. The highest BCUT2D eigenvalue weighted by Gasteiger charge is 2.15. The molecule has 146 valence electrons. The molecule has 1 heterocycles. The van der Waals surface area contributed by atoms with Crippen molar-refractivity contribution in [3.05, 3.63) is 54.1 Å². The van der Waals surface area contributed by atoms with Crippen LogP contribution in [0.2, 0.25) is 0 Å². The van der Waals surface area contributed by atoms with Crippen molar-refractivity contribution in [1.82, 2.24) is 14.8 Å². The first kappa shape index (κ1) is 19.6. The van der Waals surface area contributed by atoms with Crippen LogP contribution in [0.1, 0.15) is 18.9 Å². The van der Waals surface area contributed by atoms with Gasteiger partial charge in [-0.15, -0.1) is 5.10 Å². The molecule has 0 atom stereocenters. The fraction of sp³-hybridized carbons (Fsp3) is 0.286. The Balaban J connectivity index is 1.93. The molecule has 0 unspecified atom stereocenters. The van der Waals surface area contributed by atoms with E-state index in [2.05, 4.69) is 15.4 Å². The van der Waals surface area contributed by atoms with E-state index in [9.17, 15) is 4.79 Å². The van der Waals surface area contributed by atoms with Gasteiger partial charge >= 0.3 is 6.01 Å². The van der Waals surface area contributed by atoms with Crippen molar-refractivity contribution in [3.8, 4) is 23.1 Å². The molecule has 1 aromatic heterocycles. The topological polar surface area (TPSA) is 78.3 Å². The Hall–Kier alpha value is -3.19. The molecule has 0 aliphatic rings. The molecule has 0 radical (unpaired) electrons. The third-order valence-corrected chi connectivity index (χ3v) is 4.13. The predicted octanol–water partition coefficient (Wildman–Crippen LogP) is 3.62. The van der Waals surface area contributed by atoms with Crippen molar-refractivity contribution in [2.75, 3.05) is 25.6 Å². The van der Waals surface area contributed by atoms with Gasteiger partial charge in [-0.2, -0.15) is 4.98 Å². The molecule has 0 spiro atoms. The van der Waals surface area contributed by atoms with Crippen molar-refractivity contribution in [2.24, 2.45) is 0 Å². The lowest BCUT2D eigenvalue weighted by Crippen LogP contribution is -2.09. The quantitative estimate of drug-likeness (QED) is 0.604. The average molecular weight is 380 g/mol. The van der Waals surface area contributed by atoms with Crippen LogP contribution in [0.25, 0.3) is 17.1 Å². The maximum Gasteiger partial charge on any atom is 0.336 e. The van der Waals surface area contributed by atoms with Gasteiger partial charge in [-0.1, -0.05) is 36.8 Å². The first-order valence-corrected chi connectivity index (χ1v) is 9.17. The number of ether oxygens (including phenoxy) is 2. The molecule has 0 aliphatic heterocycles. The van der Waals surface area contributed by atoms with Crippen molar-refractivity contribution in [2.45, 2.75) is 20.3 Å². The monoisotopic (exact) mass is 380 g/mol. The molecule has 0 aliphatic carbocycles. The molecule has 7 nitrogen and oxygen atoms in total. The summed E-state index contributed by atoms with van der Waals surface area (Å²) in [5.74, 6) is 0.653. The Labute approximate surface area is 164 Å². The lowest BCUT2D eigenvalue weighted by atomic mass is 10.1. The van der Waals surface area contributed by atoms with Gasteiger partial charge in [0.25, 0.3) is 0 Å². The van der Waals surface area contributed by atoms with Gasteiger partial charge in [-0.3, -0.25) is 4.79 Å². The van der Waals surface area contributed by atoms with E-state index in [1.165, 1.54) is 5.56 Å². The zero-order chi connectivity index (χ0) is 19.9. The van der Waals surface area contributed by atoms with Crippen LogP contribution >= 0.6 is 0 Å². The van der Waals surface area contributed by atoms with E-state index in [4.69, 9.17) is 9.47 Å². The average Bonchev–Trinajstić information content (AvgIpc) is 3.13. The summed E-state index contributed by atoms with van der Waals surface area (Å²) in [5.41, 5.74) is 3.66. The largest absolute Gasteiger partial charge is 0.460 e. The molecule has 0 bridgehead atoms. The van der Waals surface area contributed by atoms with Crippen molar-refractivity contribution in [1.29, 1.82) is 0 Å². The summed E-state index contributed by atoms with van der Waals surface area (Å²) in [5, 5.41) is 7.34. The second-order valence-corrected chi connectivity index (χ2v) is 6.29. The SMILES string of the molecule is CCC(=O)Nc1ccc(-n2nc(OCCOC)nc2-c2ccc(C)cc2)cc1. The molecule has 1 amide bonds. The van der Waals surface area contributed by atoms with Gasteiger partial charge in [0, 0.05) is 24.8 Å². The lowest BCUT2D eigenvalue weighted by Gasteiger charge is -2.08. The molecule has 0 saturated heterocycles. The molecule has 3 rings (SSSR count). The van der Waals surface area contributed by atoms with Crippen LogP contribution in [0.3, 0.4) is 0 Å². The smallest absolute Gasteiger partial charge is 0.336 e. The highest BCUT2D eigenvalue weighted by atomic mass is 16.5. The summed E-state index contributed by atoms with van der Waals surface area (Å²) in [7, 11) is 1.62. The zero-order valence-corrected chi connectivity index (χ0v) is 16.3. The van der Waals surface area contributed by atoms with Crippen molar-refractivity contribution < 1.29 is 14.3 Å². The predicted molar refractivity (Wildman–Crippen MR) is 108 cm³/mol. The summed E-state index contributed by atoms with van der Waals surface area (Å²) in [4.78, 5) is 16.1. The molecule has 2 aromatic carbocycles. The number of carbonyl (C=O) groups is 1. The highest BCUT2D eigenvalue weighted by molar-refractivity contribution is 5.90. The molecular weight excluding hydrogens is 356 g/mol. The van der Waals surface area contributed by atoms with E-state index in [-0.39, 0.29) is 11.9 Å². The van der Waals surface area contributed by atoms with Crippen molar-refractivity contribution >= 4 is 11.6 Å². The molecular formula is C21H24N4O3. The minimum Gasteiger partial charge on any atom is -0.460 e. The van der Waals surface area contributed by atoms with Crippen LogP contribution in [0, 0.1) is 6.92 Å². The first-order chi connectivity index (χ1) is 13.6. The molecule has 3 aromatic rings. The van der Waals surface area contributed by atoms with Crippen LogP contribution in [0.4, 0.5) is 5.69 Å². The Morgan fingerprint density at radius 1 is 1.07 bits per heavy atom. The number of methoxy groups -OCH3 is 1. The minimum absolute atomic E-state index is 0.0253. The summed E-state index contributed by atoms with van der Waals surface area (Å²) >= 11 is 0. The molecule has 1 N–H and O–H groups in total. The fourth-order valence-electron chi connectivity index (χ4n) is 2.58. The first-order valence-electron chi connectivity index (χ1n) is 9.17. The van der Waals surface area contributed by atoms with Crippen LogP contribution in [0.15, 0.2) is 48.5 Å². The van der Waals surface area contributed by atoms with Gasteiger partial charge in [-0.05, 0) is 31.2 Å². The number of anilines is 1. The normalized spacial score (nSPS) is 10.7. The lowest BCUT2D eigenvalue weighted by molar-refractivity contribution is -0.115. The highest BCUT2D eigenvalue weighted by Crippen LogP contribution is 2.24. The summed E-state index contributed by atoms with van der Waals surface area (Å²) in [6, 6.07) is 15.8. The summed E-state index contributed by atoms with van der Waals surface area (Å²) in [6.07, 6.45) is 0.435. The maximum absolute atomic E-state index is 11.6. The van der Waals surface area contributed by atoms with Crippen LogP contribution in [-0.2, 0) is 9.53 Å². The van der Waals surface area contributed by atoms with Crippen LogP contribution in [-0.4, -0.2) is 41.0 Å². The number of hydrogen-bond donors (Lipinski definition) is 1. The number of benzene rings is 2. The standard InChI is InChI=1S/C21H24N4O3/c1-4-19(26)22-17-9-11-18(12-10-17)25-20(16-7-5-15(2)6-8-16)23-21(24-25)28-14-13-27-3/h5-12H,4,13-14H2,1-3H3,(H,22,26). The summed E-state index contributed by atoms with van der Waals surface area (Å²) in [6.45, 7) is 4.69. The van der Waals surface area contributed by atoms with Crippen LogP contribution < -0.4 is 10.1 Å². The van der Waals surface area contributed by atoms with E-state index in [0.717, 1.165) is 16.9 Å². The molecule has 7 heteroatoms. The Morgan fingerprint density at radius 3 is 2.43 bits per heavy atom. The third-order valence-electron chi connectivity index (χ3n) is 4.13. The van der Waals surface area contributed by atoms with Gasteiger partial charge in [0.2, 0.25) is 5.91 Å². The second-order valence-electron chi connectivity index (χ2n) is 6.29. The third kappa shape index (κ3) is 4.75. The van der Waals surface area contributed by atoms with Gasteiger partial charge < -0.3 is 14.8 Å². The number of aromatic nitrogens is 3. The number of hydrogen-bond acceptors (Lipinski definition) is 5. The number of amides is 1. The van der Waals surface area contributed by atoms with Crippen LogP contribution in [0.5, 0.6) is 6.01 Å². The zero-order valence-electron chi connectivity index (χ0n) is 16.3. The van der Waals surface area contributed by atoms with E-state index in [0.29, 0.717) is 25.5 Å². The van der Waals surface area contributed by atoms with E-state index in [1.807, 2.05) is 62.4 Å². The van der Waals surface area contributed by atoms with Crippen molar-refractivity contribution in [3.63, 3.8) is 0 Å². The maximum atomic E-state index is 11.6. The minimum atomic E-state index is -0.0253. The fourth-order valence-corrected chi connectivity index (χ4v) is 2.58. The van der Waals surface area contributed by atoms with Gasteiger partial charge in [0.15, 0.2) is 5.82 Å². The number of nitrogens with one attached hydrogen (secondary N) is 1. The van der Waals surface area contributed by atoms with E-state index >= 15 is 0 Å². The van der Waals surface area contributed by atoms with Gasteiger partial charge in [0.1, 0.15) is 6.61 Å². The Morgan fingerprint density at radius 2 is 1.79 bits per heavy atom.